The van der Waals surface area contributed by atoms with Crippen molar-refractivity contribution < 1.29 is 24.9 Å². The fourth-order valence-corrected chi connectivity index (χ4v) is 4.31. The molecule has 5 nitrogen and oxygen atoms in total. The molecule has 0 unspecified atom stereocenters. The SMILES string of the molecule is O=C(O)c1ccc(CCC[C@H]2C(=O)C[C@@H](O)[C@@H]2C#CC2(O)CCCCC2)cc1. The zero-order valence-corrected chi connectivity index (χ0v) is 16.1. The molecule has 28 heavy (non-hydrogen) atoms. The molecule has 0 amide bonds. The maximum absolute atomic E-state index is 12.3. The number of carboxylic acid groups (broad SMARTS) is 1. The van der Waals surface area contributed by atoms with Gasteiger partial charge >= 0.3 is 5.97 Å². The molecule has 0 saturated heterocycles. The summed E-state index contributed by atoms with van der Waals surface area (Å²) in [6.45, 7) is 0. The monoisotopic (exact) mass is 384 g/mol. The van der Waals surface area contributed by atoms with E-state index >= 15 is 0 Å². The van der Waals surface area contributed by atoms with Crippen LogP contribution < -0.4 is 0 Å². The molecule has 0 aromatic heterocycles. The molecule has 2 aliphatic rings. The van der Waals surface area contributed by atoms with Gasteiger partial charge in [-0.2, -0.15) is 0 Å². The maximum Gasteiger partial charge on any atom is 0.335 e. The molecule has 5 heteroatoms. The molecule has 3 rings (SSSR count). The Morgan fingerprint density at radius 2 is 1.82 bits per heavy atom. The van der Waals surface area contributed by atoms with Crippen LogP contribution in [0.4, 0.5) is 0 Å². The van der Waals surface area contributed by atoms with Crippen molar-refractivity contribution in [1.82, 2.24) is 0 Å². The average Bonchev–Trinajstić information content (AvgIpc) is 2.94. The first-order valence-corrected chi connectivity index (χ1v) is 10.2. The van der Waals surface area contributed by atoms with Gasteiger partial charge in [0.25, 0.3) is 0 Å². The van der Waals surface area contributed by atoms with Crippen molar-refractivity contribution in [2.45, 2.75) is 69.5 Å². The molecule has 0 heterocycles. The number of hydrogen-bond donors (Lipinski definition) is 3. The van der Waals surface area contributed by atoms with E-state index in [1.807, 2.05) is 0 Å². The van der Waals surface area contributed by atoms with E-state index in [9.17, 15) is 19.8 Å². The lowest BCUT2D eigenvalue weighted by Gasteiger charge is -2.27. The molecule has 3 atom stereocenters. The Hall–Kier alpha value is -2.16. The van der Waals surface area contributed by atoms with Crippen LogP contribution in [0.5, 0.6) is 0 Å². The minimum Gasteiger partial charge on any atom is -0.478 e. The topological polar surface area (TPSA) is 94.8 Å². The molecular formula is C23H28O5. The normalized spacial score (nSPS) is 26.5. The van der Waals surface area contributed by atoms with Crippen LogP contribution in [0.2, 0.25) is 0 Å². The third-order valence-corrected chi connectivity index (χ3v) is 6.01. The first kappa shape index (κ1) is 20.6. The number of Topliss-reactive ketones (excluding diaryl/α,β-unsaturated/α-hetero) is 1. The number of aromatic carboxylic acids is 1. The van der Waals surface area contributed by atoms with E-state index in [0.29, 0.717) is 19.3 Å². The molecule has 0 bridgehead atoms. The number of rotatable bonds is 5. The van der Waals surface area contributed by atoms with Gasteiger partial charge in [-0.05, 0) is 62.6 Å². The first-order chi connectivity index (χ1) is 13.4. The average molecular weight is 384 g/mol. The van der Waals surface area contributed by atoms with Crippen LogP contribution in [-0.4, -0.2) is 38.8 Å². The van der Waals surface area contributed by atoms with E-state index in [1.165, 1.54) is 0 Å². The Bertz CT molecular complexity index is 764. The minimum atomic E-state index is -0.972. The number of carbonyl (C=O) groups excluding carboxylic acids is 1. The quantitative estimate of drug-likeness (QED) is 0.679. The highest BCUT2D eigenvalue weighted by Gasteiger charge is 2.40. The highest BCUT2D eigenvalue weighted by molar-refractivity contribution is 5.87. The lowest BCUT2D eigenvalue weighted by Crippen LogP contribution is -2.30. The van der Waals surface area contributed by atoms with Crippen LogP contribution >= 0.6 is 0 Å². The summed E-state index contributed by atoms with van der Waals surface area (Å²) in [5.41, 5.74) is 0.309. The summed E-state index contributed by atoms with van der Waals surface area (Å²) in [6.07, 6.45) is 5.87. The van der Waals surface area contributed by atoms with Crippen molar-refractivity contribution in [3.05, 3.63) is 35.4 Å². The van der Waals surface area contributed by atoms with Gasteiger partial charge in [-0.1, -0.05) is 30.4 Å². The fraction of sp³-hybridized carbons (Fsp3) is 0.565. The first-order valence-electron chi connectivity index (χ1n) is 10.2. The van der Waals surface area contributed by atoms with Crippen LogP contribution in [0.3, 0.4) is 0 Å². The van der Waals surface area contributed by atoms with Gasteiger partial charge in [0.1, 0.15) is 11.4 Å². The lowest BCUT2D eigenvalue weighted by atomic mass is 9.83. The van der Waals surface area contributed by atoms with Gasteiger partial charge in [-0.15, -0.1) is 0 Å². The van der Waals surface area contributed by atoms with Gasteiger partial charge in [0.15, 0.2) is 0 Å². The van der Waals surface area contributed by atoms with E-state index < -0.39 is 23.6 Å². The fourth-order valence-electron chi connectivity index (χ4n) is 4.31. The van der Waals surface area contributed by atoms with Crippen molar-refractivity contribution in [1.29, 1.82) is 0 Å². The van der Waals surface area contributed by atoms with Crippen LogP contribution in [-0.2, 0) is 11.2 Å². The van der Waals surface area contributed by atoms with Gasteiger partial charge in [0, 0.05) is 12.3 Å². The van der Waals surface area contributed by atoms with Gasteiger partial charge in [0.2, 0.25) is 0 Å². The molecular weight excluding hydrogens is 356 g/mol. The molecule has 1 aromatic carbocycles. The number of carbonyl (C=O) groups is 2. The standard InChI is InChI=1S/C23H28O5/c24-20-15-21(25)19(11-14-23(28)12-2-1-3-13-23)18(20)6-4-5-16-7-9-17(10-8-16)22(26)27/h7-10,18-19,21,25,28H,1-6,12-13,15H2,(H,26,27)/t18-,19-,21-/m1/s1. The molecule has 2 aliphatic carbocycles. The number of hydrogen-bond acceptors (Lipinski definition) is 4. The van der Waals surface area contributed by atoms with Crippen LogP contribution in [0.1, 0.15) is 67.3 Å². The second kappa shape index (κ2) is 8.89. The zero-order valence-electron chi connectivity index (χ0n) is 16.1. The van der Waals surface area contributed by atoms with Gasteiger partial charge in [-0.25, -0.2) is 4.79 Å². The third kappa shape index (κ3) is 5.01. The number of ketones is 1. The van der Waals surface area contributed by atoms with E-state index in [4.69, 9.17) is 5.11 Å². The van der Waals surface area contributed by atoms with Crippen molar-refractivity contribution in [3.8, 4) is 11.8 Å². The number of benzene rings is 1. The minimum absolute atomic E-state index is 0.0451. The van der Waals surface area contributed by atoms with Crippen LogP contribution in [0.15, 0.2) is 24.3 Å². The summed E-state index contributed by atoms with van der Waals surface area (Å²) < 4.78 is 0. The maximum atomic E-state index is 12.3. The molecule has 2 saturated carbocycles. The van der Waals surface area contributed by atoms with Crippen molar-refractivity contribution in [2.24, 2.45) is 11.8 Å². The lowest BCUT2D eigenvalue weighted by molar-refractivity contribution is -0.121. The summed E-state index contributed by atoms with van der Waals surface area (Å²) in [5.74, 6) is 4.43. The van der Waals surface area contributed by atoms with Gasteiger partial charge in [0.05, 0.1) is 17.6 Å². The predicted octanol–water partition coefficient (Wildman–Crippen LogP) is 2.97. The third-order valence-electron chi connectivity index (χ3n) is 6.01. The Morgan fingerprint density at radius 3 is 2.46 bits per heavy atom. The second-order valence-electron chi connectivity index (χ2n) is 8.13. The van der Waals surface area contributed by atoms with E-state index in [0.717, 1.165) is 37.7 Å². The van der Waals surface area contributed by atoms with Gasteiger partial charge in [-0.3, -0.25) is 4.79 Å². The molecule has 150 valence electrons. The Labute approximate surface area is 165 Å². The van der Waals surface area contributed by atoms with Crippen molar-refractivity contribution in [2.75, 3.05) is 0 Å². The predicted molar refractivity (Wildman–Crippen MR) is 105 cm³/mol. The largest absolute Gasteiger partial charge is 0.478 e. The smallest absolute Gasteiger partial charge is 0.335 e. The summed E-state index contributed by atoms with van der Waals surface area (Å²) >= 11 is 0. The Balaban J connectivity index is 1.59. The molecule has 1 aromatic rings. The number of carboxylic acids is 1. The van der Waals surface area contributed by atoms with E-state index in [-0.39, 0.29) is 23.7 Å². The molecule has 0 radical (unpaired) electrons. The summed E-state index contributed by atoms with van der Waals surface area (Å²) in [4.78, 5) is 23.2. The summed E-state index contributed by atoms with van der Waals surface area (Å²) in [7, 11) is 0. The van der Waals surface area contributed by atoms with Crippen LogP contribution in [0.25, 0.3) is 0 Å². The van der Waals surface area contributed by atoms with Gasteiger partial charge < -0.3 is 15.3 Å². The number of aliphatic hydroxyl groups excluding tert-OH is 1. The Kier molecular flexibility index (Phi) is 6.53. The number of aryl methyl sites for hydroxylation is 1. The van der Waals surface area contributed by atoms with E-state index in [1.54, 1.807) is 24.3 Å². The Morgan fingerprint density at radius 1 is 1.14 bits per heavy atom. The van der Waals surface area contributed by atoms with Crippen molar-refractivity contribution in [3.63, 3.8) is 0 Å². The number of aliphatic hydroxyl groups is 2. The molecule has 0 aliphatic heterocycles. The highest BCUT2D eigenvalue weighted by atomic mass is 16.4. The molecule has 3 N–H and O–H groups in total. The zero-order chi connectivity index (χ0) is 20.1. The summed E-state index contributed by atoms with van der Waals surface area (Å²) in [6, 6.07) is 6.76. The molecule has 2 fully saturated rings. The van der Waals surface area contributed by atoms with Crippen LogP contribution in [0, 0.1) is 23.7 Å². The van der Waals surface area contributed by atoms with Crippen molar-refractivity contribution >= 4 is 11.8 Å². The summed E-state index contributed by atoms with van der Waals surface area (Å²) in [5, 5.41) is 29.8. The second-order valence-corrected chi connectivity index (χ2v) is 8.13. The molecule has 0 spiro atoms. The van der Waals surface area contributed by atoms with E-state index in [2.05, 4.69) is 11.8 Å². The highest BCUT2D eigenvalue weighted by Crippen LogP contribution is 2.34.